The zero-order valence-corrected chi connectivity index (χ0v) is 13.2. The Morgan fingerprint density at radius 3 is 2.52 bits per heavy atom. The number of benzene rings is 2. The molecule has 0 saturated heterocycles. The third kappa shape index (κ3) is 2.68. The number of para-hydroxylation sites is 1. The molecule has 116 valence electrons. The Hall–Kier alpha value is -2.39. The summed E-state index contributed by atoms with van der Waals surface area (Å²) in [6.45, 7) is 0.499. The van der Waals surface area contributed by atoms with Crippen molar-refractivity contribution < 1.29 is 0 Å². The summed E-state index contributed by atoms with van der Waals surface area (Å²) in [4.78, 5) is 0. The van der Waals surface area contributed by atoms with Gasteiger partial charge >= 0.3 is 0 Å². The van der Waals surface area contributed by atoms with Gasteiger partial charge in [-0.05, 0) is 55.0 Å². The number of hydrogen-bond donors (Lipinski definition) is 1. The Kier molecular flexibility index (Phi) is 3.72. The zero-order valence-electron chi connectivity index (χ0n) is 13.2. The van der Waals surface area contributed by atoms with Crippen LogP contribution in [-0.4, -0.2) is 9.78 Å². The zero-order chi connectivity index (χ0) is 15.6. The fourth-order valence-corrected chi connectivity index (χ4v) is 3.40. The summed E-state index contributed by atoms with van der Waals surface area (Å²) in [5.74, 6) is 0. The van der Waals surface area contributed by atoms with Crippen LogP contribution in [0.25, 0.3) is 16.9 Å². The van der Waals surface area contributed by atoms with Gasteiger partial charge in [0.15, 0.2) is 0 Å². The van der Waals surface area contributed by atoms with Crippen LogP contribution in [0.5, 0.6) is 0 Å². The predicted octanol–water partition coefficient (Wildman–Crippen LogP) is 3.88. The number of aromatic nitrogens is 2. The van der Waals surface area contributed by atoms with Gasteiger partial charge in [0.1, 0.15) is 0 Å². The van der Waals surface area contributed by atoms with Gasteiger partial charge < -0.3 is 5.73 Å². The van der Waals surface area contributed by atoms with Gasteiger partial charge in [-0.2, -0.15) is 5.10 Å². The highest BCUT2D eigenvalue weighted by atomic mass is 15.3. The van der Waals surface area contributed by atoms with E-state index in [4.69, 9.17) is 10.8 Å². The molecule has 3 nitrogen and oxygen atoms in total. The average Bonchev–Trinajstić information content (AvgIpc) is 3.06. The number of nitrogens with two attached hydrogens (primary N) is 1. The van der Waals surface area contributed by atoms with Crippen molar-refractivity contribution in [3.8, 4) is 16.9 Å². The molecular weight excluding hydrogens is 282 g/mol. The monoisotopic (exact) mass is 303 g/mol. The minimum atomic E-state index is 0.499. The van der Waals surface area contributed by atoms with Gasteiger partial charge in [-0.15, -0.1) is 0 Å². The first-order chi connectivity index (χ1) is 11.3. The summed E-state index contributed by atoms with van der Waals surface area (Å²) in [5.41, 5.74) is 13.3. The quantitative estimate of drug-likeness (QED) is 0.798. The molecule has 2 aromatic carbocycles. The number of nitrogens with zero attached hydrogens (tertiary/aromatic N) is 2. The summed E-state index contributed by atoms with van der Waals surface area (Å²) in [6, 6.07) is 17.0. The van der Waals surface area contributed by atoms with Crippen LogP contribution < -0.4 is 5.73 Å². The number of aryl methyl sites for hydroxylation is 2. The standard InChI is InChI=1S/C20H21N3/c21-13-18-14-23(19-8-2-1-3-9-19)22-20(18)17-11-10-15-6-4-5-7-16(15)12-17/h1-3,8-12,14H,4-7,13,21H2. The number of fused-ring (bicyclic) bond motifs is 1. The second-order valence-electron chi connectivity index (χ2n) is 6.18. The summed E-state index contributed by atoms with van der Waals surface area (Å²) in [7, 11) is 0. The molecule has 0 fully saturated rings. The summed E-state index contributed by atoms with van der Waals surface area (Å²) >= 11 is 0. The highest BCUT2D eigenvalue weighted by molar-refractivity contribution is 5.65. The molecule has 0 unspecified atom stereocenters. The van der Waals surface area contributed by atoms with E-state index in [1.54, 1.807) is 0 Å². The SMILES string of the molecule is NCc1cn(-c2ccccc2)nc1-c1ccc2c(c1)CCCC2. The molecule has 0 radical (unpaired) electrons. The van der Waals surface area contributed by atoms with Crippen LogP contribution in [0.15, 0.2) is 54.7 Å². The smallest absolute Gasteiger partial charge is 0.0972 e. The van der Waals surface area contributed by atoms with E-state index in [-0.39, 0.29) is 0 Å². The number of hydrogen-bond acceptors (Lipinski definition) is 2. The molecule has 1 aliphatic rings. The van der Waals surface area contributed by atoms with Gasteiger partial charge in [-0.1, -0.05) is 30.3 Å². The Morgan fingerprint density at radius 2 is 1.74 bits per heavy atom. The Balaban J connectivity index is 1.78. The molecule has 1 aromatic heterocycles. The van der Waals surface area contributed by atoms with E-state index >= 15 is 0 Å². The molecular formula is C20H21N3. The fraction of sp³-hybridized carbons (Fsp3) is 0.250. The second-order valence-corrected chi connectivity index (χ2v) is 6.18. The van der Waals surface area contributed by atoms with Gasteiger partial charge in [-0.25, -0.2) is 4.68 Å². The lowest BCUT2D eigenvalue weighted by Crippen LogP contribution is -2.03. The molecule has 0 atom stereocenters. The fourth-order valence-electron chi connectivity index (χ4n) is 3.40. The van der Waals surface area contributed by atoms with Gasteiger partial charge in [0, 0.05) is 23.9 Å². The van der Waals surface area contributed by atoms with Crippen LogP contribution in [0.1, 0.15) is 29.5 Å². The van der Waals surface area contributed by atoms with E-state index < -0.39 is 0 Å². The molecule has 3 aromatic rings. The first kappa shape index (κ1) is 14.2. The number of rotatable bonds is 3. The highest BCUT2D eigenvalue weighted by Gasteiger charge is 2.14. The minimum absolute atomic E-state index is 0.499. The molecule has 3 heteroatoms. The van der Waals surface area contributed by atoms with Crippen molar-refractivity contribution in [2.75, 3.05) is 0 Å². The van der Waals surface area contributed by atoms with Crippen LogP contribution in [0, 0.1) is 0 Å². The lowest BCUT2D eigenvalue weighted by Gasteiger charge is -2.16. The maximum Gasteiger partial charge on any atom is 0.0972 e. The Bertz CT molecular complexity index is 818. The van der Waals surface area contributed by atoms with Gasteiger partial charge in [-0.3, -0.25) is 0 Å². The molecule has 4 rings (SSSR count). The average molecular weight is 303 g/mol. The first-order valence-corrected chi connectivity index (χ1v) is 8.31. The third-order valence-corrected chi connectivity index (χ3v) is 4.65. The lowest BCUT2D eigenvalue weighted by atomic mass is 9.89. The topological polar surface area (TPSA) is 43.8 Å². The van der Waals surface area contributed by atoms with Crippen LogP contribution in [0.2, 0.25) is 0 Å². The van der Waals surface area contributed by atoms with Gasteiger partial charge in [0.2, 0.25) is 0 Å². The third-order valence-electron chi connectivity index (χ3n) is 4.65. The van der Waals surface area contributed by atoms with Crippen LogP contribution >= 0.6 is 0 Å². The normalized spacial score (nSPS) is 13.8. The molecule has 0 spiro atoms. The largest absolute Gasteiger partial charge is 0.326 e. The molecule has 23 heavy (non-hydrogen) atoms. The molecule has 0 saturated carbocycles. The van der Waals surface area contributed by atoms with Crippen molar-refractivity contribution in [1.82, 2.24) is 9.78 Å². The Morgan fingerprint density at radius 1 is 0.957 bits per heavy atom. The molecule has 1 aliphatic carbocycles. The van der Waals surface area contributed by atoms with Gasteiger partial charge in [0.25, 0.3) is 0 Å². The van der Waals surface area contributed by atoms with Crippen molar-refractivity contribution in [2.45, 2.75) is 32.2 Å². The highest BCUT2D eigenvalue weighted by Crippen LogP contribution is 2.29. The van der Waals surface area contributed by atoms with Crippen LogP contribution in [0.4, 0.5) is 0 Å². The maximum absolute atomic E-state index is 5.96. The predicted molar refractivity (Wildman–Crippen MR) is 93.5 cm³/mol. The Labute approximate surface area is 136 Å². The second kappa shape index (κ2) is 6.01. The molecule has 1 heterocycles. The van der Waals surface area contributed by atoms with Crippen molar-refractivity contribution in [3.05, 3.63) is 71.4 Å². The van der Waals surface area contributed by atoms with E-state index in [1.807, 2.05) is 29.1 Å². The van der Waals surface area contributed by atoms with E-state index in [1.165, 1.54) is 42.4 Å². The van der Waals surface area contributed by atoms with Crippen molar-refractivity contribution >= 4 is 0 Å². The molecule has 0 bridgehead atoms. The molecule has 0 amide bonds. The maximum atomic E-state index is 5.96. The van der Waals surface area contributed by atoms with Crippen molar-refractivity contribution in [2.24, 2.45) is 5.73 Å². The van der Waals surface area contributed by atoms with E-state index in [0.717, 1.165) is 16.9 Å². The molecule has 0 aliphatic heterocycles. The van der Waals surface area contributed by atoms with Crippen LogP contribution in [-0.2, 0) is 19.4 Å². The summed E-state index contributed by atoms with van der Waals surface area (Å²) in [6.07, 6.45) is 7.03. The van der Waals surface area contributed by atoms with Crippen molar-refractivity contribution in [3.63, 3.8) is 0 Å². The minimum Gasteiger partial charge on any atom is -0.326 e. The van der Waals surface area contributed by atoms with E-state index in [0.29, 0.717) is 6.54 Å². The van der Waals surface area contributed by atoms with Crippen molar-refractivity contribution in [1.29, 1.82) is 0 Å². The lowest BCUT2D eigenvalue weighted by molar-refractivity contribution is 0.686. The van der Waals surface area contributed by atoms with E-state index in [9.17, 15) is 0 Å². The van der Waals surface area contributed by atoms with Crippen LogP contribution in [0.3, 0.4) is 0 Å². The molecule has 2 N–H and O–H groups in total. The first-order valence-electron chi connectivity index (χ1n) is 8.31. The summed E-state index contributed by atoms with van der Waals surface area (Å²) in [5, 5.41) is 4.81. The summed E-state index contributed by atoms with van der Waals surface area (Å²) < 4.78 is 1.93. The van der Waals surface area contributed by atoms with E-state index in [2.05, 4.69) is 30.3 Å². The van der Waals surface area contributed by atoms with Gasteiger partial charge in [0.05, 0.1) is 11.4 Å².